The molecular weight excluding hydrogens is 230 g/mol. The van der Waals surface area contributed by atoms with Crippen LogP contribution in [0.4, 0.5) is 8.78 Å². The highest BCUT2D eigenvalue weighted by Crippen LogP contribution is 2.22. The molecule has 0 aliphatic carbocycles. The van der Waals surface area contributed by atoms with Crippen LogP contribution in [-0.2, 0) is 0 Å². The number of nitrogens with zero attached hydrogens (tertiary/aromatic N) is 1. The summed E-state index contributed by atoms with van der Waals surface area (Å²) < 4.78 is 28.3. The second-order valence-corrected chi connectivity index (χ2v) is 3.21. The maximum Gasteiger partial charge on any atom is 0.387 e. The number of aromatic amines is 1. The number of aromatic nitrogens is 2. The van der Waals surface area contributed by atoms with E-state index in [4.69, 9.17) is 0 Å². The molecule has 0 amide bonds. The summed E-state index contributed by atoms with van der Waals surface area (Å²) in [7, 11) is 0. The molecule has 88 valence electrons. The van der Waals surface area contributed by atoms with Crippen molar-refractivity contribution in [2.24, 2.45) is 0 Å². The van der Waals surface area contributed by atoms with Crippen molar-refractivity contribution in [3.05, 3.63) is 46.8 Å². The molecule has 17 heavy (non-hydrogen) atoms. The molecule has 4 nitrogen and oxygen atoms in total. The lowest BCUT2D eigenvalue weighted by atomic mass is 10.1. The molecule has 0 aliphatic heterocycles. The molecule has 0 radical (unpaired) electrons. The third-order valence-corrected chi connectivity index (χ3v) is 2.03. The van der Waals surface area contributed by atoms with Gasteiger partial charge in [-0.25, -0.2) is 5.10 Å². The number of rotatable bonds is 3. The molecular formula is C11H8F2N2O2. The van der Waals surface area contributed by atoms with Crippen molar-refractivity contribution in [1.29, 1.82) is 0 Å². The Morgan fingerprint density at radius 2 is 2.06 bits per heavy atom. The highest BCUT2D eigenvalue weighted by atomic mass is 19.3. The van der Waals surface area contributed by atoms with Gasteiger partial charge >= 0.3 is 6.61 Å². The van der Waals surface area contributed by atoms with Gasteiger partial charge in [0.05, 0.1) is 5.69 Å². The Kier molecular flexibility index (Phi) is 3.13. The fourth-order valence-corrected chi connectivity index (χ4v) is 1.34. The average Bonchev–Trinajstić information content (AvgIpc) is 2.29. The number of H-pyrrole nitrogens is 1. The van der Waals surface area contributed by atoms with Crippen LogP contribution in [0.5, 0.6) is 5.75 Å². The molecule has 6 heteroatoms. The maximum atomic E-state index is 12.0. The van der Waals surface area contributed by atoms with Gasteiger partial charge in [0.15, 0.2) is 0 Å². The number of ether oxygens (including phenoxy) is 1. The first-order chi connectivity index (χ1) is 8.15. The molecule has 1 N–H and O–H groups in total. The predicted molar refractivity (Wildman–Crippen MR) is 56.9 cm³/mol. The molecule has 1 aromatic carbocycles. The summed E-state index contributed by atoms with van der Waals surface area (Å²) in [6.45, 7) is -2.87. The van der Waals surface area contributed by atoms with Crippen molar-refractivity contribution in [1.82, 2.24) is 10.2 Å². The number of benzene rings is 1. The molecule has 0 aliphatic rings. The van der Waals surface area contributed by atoms with Gasteiger partial charge in [0.2, 0.25) is 0 Å². The summed E-state index contributed by atoms with van der Waals surface area (Å²) in [6, 6.07) is 8.90. The van der Waals surface area contributed by atoms with E-state index in [-0.39, 0.29) is 11.3 Å². The standard InChI is InChI=1S/C11H8F2N2O2/c12-11(13)17-8-3-1-2-7(6-8)9-4-5-10(16)15-14-9/h1-6,11H,(H,15,16). The number of halogens is 2. The van der Waals surface area contributed by atoms with Crippen molar-refractivity contribution in [3.63, 3.8) is 0 Å². The Morgan fingerprint density at radius 1 is 1.24 bits per heavy atom. The molecule has 0 saturated heterocycles. The normalized spacial score (nSPS) is 10.5. The van der Waals surface area contributed by atoms with E-state index in [1.165, 1.54) is 24.3 Å². The Morgan fingerprint density at radius 3 is 2.71 bits per heavy atom. The van der Waals surface area contributed by atoms with Gasteiger partial charge in [-0.15, -0.1) is 0 Å². The van der Waals surface area contributed by atoms with E-state index in [0.717, 1.165) is 0 Å². The smallest absolute Gasteiger partial charge is 0.387 e. The number of hydrogen-bond donors (Lipinski definition) is 1. The van der Waals surface area contributed by atoms with Crippen LogP contribution in [0.1, 0.15) is 0 Å². The zero-order valence-electron chi connectivity index (χ0n) is 8.56. The molecule has 1 aromatic heterocycles. The first-order valence-electron chi connectivity index (χ1n) is 4.76. The highest BCUT2D eigenvalue weighted by Gasteiger charge is 2.06. The topological polar surface area (TPSA) is 55.0 Å². The average molecular weight is 238 g/mol. The molecule has 2 aromatic rings. The van der Waals surface area contributed by atoms with E-state index in [0.29, 0.717) is 11.3 Å². The van der Waals surface area contributed by atoms with E-state index in [1.54, 1.807) is 12.1 Å². The van der Waals surface area contributed by atoms with Crippen LogP contribution in [0.2, 0.25) is 0 Å². The SMILES string of the molecule is O=c1ccc(-c2cccc(OC(F)F)c2)n[nH]1. The van der Waals surface area contributed by atoms with Crippen molar-refractivity contribution < 1.29 is 13.5 Å². The summed E-state index contributed by atoms with van der Waals surface area (Å²) in [4.78, 5) is 10.8. The molecule has 0 fully saturated rings. The maximum absolute atomic E-state index is 12.0. The van der Waals surface area contributed by atoms with Gasteiger partial charge in [-0.1, -0.05) is 12.1 Å². The first-order valence-corrected chi connectivity index (χ1v) is 4.76. The van der Waals surface area contributed by atoms with E-state index < -0.39 is 6.61 Å². The summed E-state index contributed by atoms with van der Waals surface area (Å²) in [5.41, 5.74) is 0.734. The van der Waals surface area contributed by atoms with E-state index in [2.05, 4.69) is 14.9 Å². The van der Waals surface area contributed by atoms with Gasteiger partial charge in [0.1, 0.15) is 5.75 Å². The van der Waals surface area contributed by atoms with E-state index in [9.17, 15) is 13.6 Å². The third kappa shape index (κ3) is 2.87. The minimum atomic E-state index is -2.87. The van der Waals surface area contributed by atoms with Crippen LogP contribution in [0.25, 0.3) is 11.3 Å². The molecule has 0 spiro atoms. The molecule has 0 bridgehead atoms. The molecule has 0 saturated carbocycles. The fourth-order valence-electron chi connectivity index (χ4n) is 1.34. The largest absolute Gasteiger partial charge is 0.435 e. The van der Waals surface area contributed by atoms with Crippen LogP contribution in [-0.4, -0.2) is 16.8 Å². The van der Waals surface area contributed by atoms with Crippen molar-refractivity contribution in [2.75, 3.05) is 0 Å². The van der Waals surface area contributed by atoms with Gasteiger partial charge in [0, 0.05) is 11.6 Å². The van der Waals surface area contributed by atoms with E-state index in [1.807, 2.05) is 0 Å². The Balaban J connectivity index is 2.32. The second-order valence-electron chi connectivity index (χ2n) is 3.21. The lowest BCUT2D eigenvalue weighted by Crippen LogP contribution is -2.05. The molecule has 0 atom stereocenters. The minimum Gasteiger partial charge on any atom is -0.435 e. The predicted octanol–water partition coefficient (Wildman–Crippen LogP) is 2.04. The summed E-state index contributed by atoms with van der Waals surface area (Å²) in [5, 5.41) is 6.05. The lowest BCUT2D eigenvalue weighted by Gasteiger charge is -2.05. The van der Waals surface area contributed by atoms with Crippen LogP contribution >= 0.6 is 0 Å². The second kappa shape index (κ2) is 4.73. The highest BCUT2D eigenvalue weighted by molar-refractivity contribution is 5.60. The van der Waals surface area contributed by atoms with E-state index >= 15 is 0 Å². The van der Waals surface area contributed by atoms with Gasteiger partial charge in [-0.3, -0.25) is 4.79 Å². The van der Waals surface area contributed by atoms with Gasteiger partial charge in [-0.2, -0.15) is 13.9 Å². The molecule has 2 rings (SSSR count). The summed E-state index contributed by atoms with van der Waals surface area (Å²) in [5.74, 6) is 0.0468. The Hall–Kier alpha value is -2.24. The van der Waals surface area contributed by atoms with Crippen molar-refractivity contribution in [3.8, 4) is 17.0 Å². The zero-order valence-corrected chi connectivity index (χ0v) is 8.56. The first kappa shape index (κ1) is 11.3. The Labute approximate surface area is 94.9 Å². The summed E-state index contributed by atoms with van der Waals surface area (Å²) >= 11 is 0. The van der Waals surface area contributed by atoms with Crippen LogP contribution in [0.15, 0.2) is 41.2 Å². The molecule has 1 heterocycles. The summed E-state index contributed by atoms with van der Waals surface area (Å²) in [6.07, 6.45) is 0. The lowest BCUT2D eigenvalue weighted by molar-refractivity contribution is -0.0498. The minimum absolute atomic E-state index is 0.0468. The Bertz CT molecular complexity index is 549. The number of hydrogen-bond acceptors (Lipinski definition) is 3. The third-order valence-electron chi connectivity index (χ3n) is 2.03. The zero-order chi connectivity index (χ0) is 12.3. The van der Waals surface area contributed by atoms with Gasteiger partial charge < -0.3 is 4.74 Å². The van der Waals surface area contributed by atoms with Gasteiger partial charge in [0.25, 0.3) is 5.56 Å². The van der Waals surface area contributed by atoms with Crippen molar-refractivity contribution in [2.45, 2.75) is 6.61 Å². The molecule has 0 unspecified atom stereocenters. The van der Waals surface area contributed by atoms with Crippen LogP contribution in [0.3, 0.4) is 0 Å². The van der Waals surface area contributed by atoms with Crippen LogP contribution < -0.4 is 10.3 Å². The number of alkyl halides is 2. The van der Waals surface area contributed by atoms with Gasteiger partial charge in [-0.05, 0) is 18.2 Å². The quantitative estimate of drug-likeness (QED) is 0.890. The monoisotopic (exact) mass is 238 g/mol. The van der Waals surface area contributed by atoms with Crippen molar-refractivity contribution >= 4 is 0 Å². The fraction of sp³-hybridized carbons (Fsp3) is 0.0909. The van der Waals surface area contributed by atoms with Crippen LogP contribution in [0, 0.1) is 0 Å². The number of nitrogens with one attached hydrogen (secondary N) is 1.